The van der Waals surface area contributed by atoms with E-state index in [9.17, 15) is 0 Å². The van der Waals surface area contributed by atoms with E-state index in [4.69, 9.17) is 4.52 Å². The van der Waals surface area contributed by atoms with Crippen molar-refractivity contribution >= 4 is 28.1 Å². The molecule has 1 heterocycles. The van der Waals surface area contributed by atoms with E-state index in [1.165, 1.54) is 0 Å². The summed E-state index contributed by atoms with van der Waals surface area (Å²) >= 11 is 3.43. The molecule has 0 radical (unpaired) electrons. The number of benzene rings is 2. The molecule has 3 rings (SSSR count). The van der Waals surface area contributed by atoms with Crippen LogP contribution < -0.4 is 0 Å². The number of nitrogens with zero attached hydrogens (tertiary/aromatic N) is 2. The molecule has 98 valence electrons. The Bertz CT molecular complexity index is 735. The fraction of sp³-hybridized carbons (Fsp3) is 0. The molecule has 4 heteroatoms. The lowest BCUT2D eigenvalue weighted by atomic mass is 10.2. The van der Waals surface area contributed by atoms with E-state index < -0.39 is 0 Å². The van der Waals surface area contributed by atoms with Crippen LogP contribution in [0.15, 0.2) is 63.6 Å². The van der Waals surface area contributed by atoms with E-state index in [1.54, 1.807) is 0 Å². The van der Waals surface area contributed by atoms with Crippen LogP contribution in [0.2, 0.25) is 0 Å². The number of aromatic nitrogens is 2. The van der Waals surface area contributed by atoms with E-state index in [-0.39, 0.29) is 0 Å². The van der Waals surface area contributed by atoms with Gasteiger partial charge in [0, 0.05) is 16.1 Å². The van der Waals surface area contributed by atoms with Gasteiger partial charge in [-0.05, 0) is 23.8 Å². The number of halogens is 1. The molecule has 0 bridgehead atoms. The van der Waals surface area contributed by atoms with Crippen molar-refractivity contribution in [2.45, 2.75) is 0 Å². The summed E-state index contributed by atoms with van der Waals surface area (Å²) in [5, 5.41) is 3.98. The zero-order chi connectivity index (χ0) is 13.8. The average molecular weight is 327 g/mol. The van der Waals surface area contributed by atoms with Crippen LogP contribution >= 0.6 is 15.9 Å². The monoisotopic (exact) mass is 326 g/mol. The number of hydrogen-bond acceptors (Lipinski definition) is 3. The highest BCUT2D eigenvalue weighted by Gasteiger charge is 2.06. The Labute approximate surface area is 125 Å². The van der Waals surface area contributed by atoms with Crippen LogP contribution in [0.3, 0.4) is 0 Å². The predicted octanol–water partition coefficient (Wildman–Crippen LogP) is 4.67. The van der Waals surface area contributed by atoms with E-state index in [0.717, 1.165) is 15.6 Å². The summed E-state index contributed by atoms with van der Waals surface area (Å²) in [6.07, 6.45) is 3.75. The lowest BCUT2D eigenvalue weighted by Crippen LogP contribution is -1.80. The standard InChI is InChI=1S/C16H11BrN2O/c17-14-8-4-7-13(11-14)16-18-15(20-19-16)10-9-12-5-2-1-3-6-12/h1-11H/b10-9+. The van der Waals surface area contributed by atoms with Gasteiger partial charge in [0.05, 0.1) is 0 Å². The first-order chi connectivity index (χ1) is 9.81. The van der Waals surface area contributed by atoms with Gasteiger partial charge < -0.3 is 4.52 Å². The summed E-state index contributed by atoms with van der Waals surface area (Å²) in [5.41, 5.74) is 2.01. The van der Waals surface area contributed by atoms with E-state index in [2.05, 4.69) is 26.1 Å². The topological polar surface area (TPSA) is 38.9 Å². The summed E-state index contributed by atoms with van der Waals surface area (Å²) in [4.78, 5) is 4.35. The van der Waals surface area contributed by atoms with Gasteiger partial charge in [-0.25, -0.2) is 0 Å². The molecule has 3 aromatic rings. The second-order valence-electron chi connectivity index (χ2n) is 4.21. The largest absolute Gasteiger partial charge is 0.334 e. The third-order valence-electron chi connectivity index (χ3n) is 2.74. The molecular formula is C16H11BrN2O. The number of rotatable bonds is 3. The van der Waals surface area contributed by atoms with Crippen LogP contribution in [0.5, 0.6) is 0 Å². The molecule has 1 aromatic heterocycles. The quantitative estimate of drug-likeness (QED) is 0.702. The second kappa shape index (κ2) is 5.84. The summed E-state index contributed by atoms with van der Waals surface area (Å²) in [7, 11) is 0. The third-order valence-corrected chi connectivity index (χ3v) is 3.24. The molecular weight excluding hydrogens is 316 g/mol. The molecule has 0 amide bonds. The molecule has 0 saturated carbocycles. The molecule has 3 nitrogen and oxygen atoms in total. The molecule has 0 atom stereocenters. The maximum atomic E-state index is 5.22. The highest BCUT2D eigenvalue weighted by Crippen LogP contribution is 2.20. The minimum Gasteiger partial charge on any atom is -0.334 e. The van der Waals surface area contributed by atoms with Gasteiger partial charge in [-0.1, -0.05) is 63.6 Å². The second-order valence-corrected chi connectivity index (χ2v) is 5.13. The molecule has 2 aromatic carbocycles. The molecule has 20 heavy (non-hydrogen) atoms. The molecule has 0 unspecified atom stereocenters. The van der Waals surface area contributed by atoms with Gasteiger partial charge in [-0.15, -0.1) is 0 Å². The molecule has 0 aliphatic rings. The van der Waals surface area contributed by atoms with Crippen molar-refractivity contribution < 1.29 is 4.52 Å². The van der Waals surface area contributed by atoms with Crippen molar-refractivity contribution in [3.8, 4) is 11.4 Å². The van der Waals surface area contributed by atoms with E-state index in [0.29, 0.717) is 11.7 Å². The van der Waals surface area contributed by atoms with Crippen molar-refractivity contribution in [1.82, 2.24) is 10.1 Å². The zero-order valence-electron chi connectivity index (χ0n) is 10.5. The Balaban J connectivity index is 1.82. The maximum absolute atomic E-state index is 5.22. The Morgan fingerprint density at radius 3 is 2.60 bits per heavy atom. The Morgan fingerprint density at radius 2 is 1.80 bits per heavy atom. The first-order valence-electron chi connectivity index (χ1n) is 6.14. The minimum atomic E-state index is 0.490. The SMILES string of the molecule is Brc1cccc(-c2noc(/C=C/c3ccccc3)n2)c1. The summed E-state index contributed by atoms with van der Waals surface area (Å²) < 4.78 is 6.20. The highest BCUT2D eigenvalue weighted by atomic mass is 79.9. The third kappa shape index (κ3) is 3.03. The maximum Gasteiger partial charge on any atom is 0.250 e. The molecule has 0 fully saturated rings. The zero-order valence-corrected chi connectivity index (χ0v) is 12.1. The molecule has 0 N–H and O–H groups in total. The van der Waals surface area contributed by atoms with Gasteiger partial charge in [-0.3, -0.25) is 0 Å². The smallest absolute Gasteiger partial charge is 0.250 e. The van der Waals surface area contributed by atoms with Crippen LogP contribution in [0.1, 0.15) is 11.5 Å². The van der Waals surface area contributed by atoms with Gasteiger partial charge in [0.1, 0.15) is 0 Å². The lowest BCUT2D eigenvalue weighted by molar-refractivity contribution is 0.411. The van der Waals surface area contributed by atoms with Gasteiger partial charge >= 0.3 is 0 Å². The Morgan fingerprint density at radius 1 is 0.950 bits per heavy atom. The summed E-state index contributed by atoms with van der Waals surface area (Å²) in [6, 6.07) is 17.8. The summed E-state index contributed by atoms with van der Waals surface area (Å²) in [5.74, 6) is 1.07. The van der Waals surface area contributed by atoms with Crippen LogP contribution in [0, 0.1) is 0 Å². The molecule has 0 spiro atoms. The first-order valence-corrected chi connectivity index (χ1v) is 6.93. The van der Waals surface area contributed by atoms with Gasteiger partial charge in [0.25, 0.3) is 5.89 Å². The van der Waals surface area contributed by atoms with Crippen LogP contribution in [0.25, 0.3) is 23.5 Å². The number of hydrogen-bond donors (Lipinski definition) is 0. The van der Waals surface area contributed by atoms with Gasteiger partial charge in [0.15, 0.2) is 0 Å². The van der Waals surface area contributed by atoms with E-state index >= 15 is 0 Å². The highest BCUT2D eigenvalue weighted by molar-refractivity contribution is 9.10. The fourth-order valence-corrected chi connectivity index (χ4v) is 2.18. The van der Waals surface area contributed by atoms with Crippen molar-refractivity contribution in [2.24, 2.45) is 0 Å². The van der Waals surface area contributed by atoms with Crippen molar-refractivity contribution in [3.63, 3.8) is 0 Å². The Hall–Kier alpha value is -2.20. The summed E-state index contributed by atoms with van der Waals surface area (Å²) in [6.45, 7) is 0. The molecule has 0 aliphatic carbocycles. The minimum absolute atomic E-state index is 0.490. The van der Waals surface area contributed by atoms with E-state index in [1.807, 2.05) is 66.7 Å². The lowest BCUT2D eigenvalue weighted by Gasteiger charge is -1.93. The fourth-order valence-electron chi connectivity index (χ4n) is 1.78. The normalized spacial score (nSPS) is 11.1. The van der Waals surface area contributed by atoms with Crippen molar-refractivity contribution in [1.29, 1.82) is 0 Å². The molecule has 0 saturated heterocycles. The van der Waals surface area contributed by atoms with Crippen LogP contribution in [-0.4, -0.2) is 10.1 Å². The predicted molar refractivity (Wildman–Crippen MR) is 82.8 cm³/mol. The molecule has 0 aliphatic heterocycles. The van der Waals surface area contributed by atoms with Crippen LogP contribution in [0.4, 0.5) is 0 Å². The van der Waals surface area contributed by atoms with Gasteiger partial charge in [-0.2, -0.15) is 4.98 Å². The van der Waals surface area contributed by atoms with Crippen LogP contribution in [-0.2, 0) is 0 Å². The average Bonchev–Trinajstić information content (AvgIpc) is 2.95. The van der Waals surface area contributed by atoms with Gasteiger partial charge in [0.2, 0.25) is 5.82 Å². The Kier molecular flexibility index (Phi) is 3.74. The first kappa shape index (κ1) is 12.8. The van der Waals surface area contributed by atoms with Crippen molar-refractivity contribution in [2.75, 3.05) is 0 Å². The van der Waals surface area contributed by atoms with Crippen molar-refractivity contribution in [3.05, 3.63) is 70.5 Å².